The van der Waals surface area contributed by atoms with E-state index in [0.29, 0.717) is 17.6 Å². The van der Waals surface area contributed by atoms with Crippen LogP contribution in [0, 0.1) is 12.8 Å². The van der Waals surface area contributed by atoms with Gasteiger partial charge >= 0.3 is 0 Å². The first-order chi connectivity index (χ1) is 6.25. The molecule has 2 rings (SSSR count). The second kappa shape index (κ2) is 3.46. The lowest BCUT2D eigenvalue weighted by Gasteiger charge is -2.24. The molecule has 1 aliphatic heterocycles. The number of nitrogens with zero attached hydrogens (tertiary/aromatic N) is 2. The highest BCUT2D eigenvalue weighted by molar-refractivity contribution is 4.90. The van der Waals surface area contributed by atoms with Gasteiger partial charge in [0.1, 0.15) is 6.10 Å². The Morgan fingerprint density at radius 2 is 2.31 bits per heavy atom. The molecule has 0 spiro atoms. The van der Waals surface area contributed by atoms with Crippen molar-refractivity contribution in [3.05, 3.63) is 11.7 Å². The molecule has 0 amide bonds. The zero-order valence-corrected chi connectivity index (χ0v) is 7.99. The van der Waals surface area contributed by atoms with Crippen LogP contribution in [0.5, 0.6) is 0 Å². The molecule has 0 N–H and O–H groups in total. The van der Waals surface area contributed by atoms with Gasteiger partial charge in [0.05, 0.1) is 0 Å². The largest absolute Gasteiger partial charge is 0.368 e. The van der Waals surface area contributed by atoms with Crippen LogP contribution < -0.4 is 0 Å². The highest BCUT2D eigenvalue weighted by atomic mass is 16.5. The summed E-state index contributed by atoms with van der Waals surface area (Å²) in [5.74, 6) is 1.99. The minimum atomic E-state index is 0.0185. The maximum Gasteiger partial charge on any atom is 0.255 e. The minimum Gasteiger partial charge on any atom is -0.368 e. The van der Waals surface area contributed by atoms with Gasteiger partial charge in [-0.2, -0.15) is 4.98 Å². The Morgan fingerprint density at radius 3 is 2.92 bits per heavy atom. The monoisotopic (exact) mass is 182 g/mol. The van der Waals surface area contributed by atoms with Crippen LogP contribution in [0.15, 0.2) is 4.52 Å². The smallest absolute Gasteiger partial charge is 0.255 e. The van der Waals surface area contributed by atoms with E-state index in [1.165, 1.54) is 0 Å². The maximum atomic E-state index is 5.55. The van der Waals surface area contributed by atoms with Crippen molar-refractivity contribution in [2.45, 2.75) is 32.8 Å². The summed E-state index contributed by atoms with van der Waals surface area (Å²) in [5.41, 5.74) is 0. The van der Waals surface area contributed by atoms with Crippen molar-refractivity contribution in [1.82, 2.24) is 10.1 Å². The Labute approximate surface area is 77.3 Å². The Morgan fingerprint density at radius 1 is 1.46 bits per heavy atom. The number of hydrogen-bond donors (Lipinski definition) is 0. The van der Waals surface area contributed by atoms with Crippen molar-refractivity contribution >= 4 is 0 Å². The minimum absolute atomic E-state index is 0.0185. The SMILES string of the molecule is Cc1noc([C@@H]2C[C@@H](C)CCO2)n1. The topological polar surface area (TPSA) is 48.2 Å². The van der Waals surface area contributed by atoms with E-state index in [1.54, 1.807) is 0 Å². The molecule has 2 atom stereocenters. The summed E-state index contributed by atoms with van der Waals surface area (Å²) in [6.45, 7) is 4.84. The standard InChI is InChI=1S/C9H14N2O2/c1-6-3-4-12-8(5-6)9-10-7(2)11-13-9/h6,8H,3-5H2,1-2H3/t6-,8-/m0/s1. The number of rotatable bonds is 1. The predicted molar refractivity (Wildman–Crippen MR) is 46.1 cm³/mol. The van der Waals surface area contributed by atoms with Gasteiger partial charge in [0.25, 0.3) is 5.89 Å². The van der Waals surface area contributed by atoms with Crippen LogP contribution in [0.1, 0.15) is 37.6 Å². The summed E-state index contributed by atoms with van der Waals surface area (Å²) in [5, 5.41) is 3.75. The fraction of sp³-hybridized carbons (Fsp3) is 0.778. The lowest BCUT2D eigenvalue weighted by molar-refractivity contribution is -0.0240. The van der Waals surface area contributed by atoms with Gasteiger partial charge in [0.2, 0.25) is 0 Å². The van der Waals surface area contributed by atoms with Crippen LogP contribution in [-0.4, -0.2) is 16.7 Å². The van der Waals surface area contributed by atoms with Crippen molar-refractivity contribution in [2.24, 2.45) is 5.92 Å². The molecule has 0 aliphatic carbocycles. The van der Waals surface area contributed by atoms with E-state index >= 15 is 0 Å². The van der Waals surface area contributed by atoms with Crippen LogP contribution in [0.25, 0.3) is 0 Å². The third-order valence-corrected chi connectivity index (χ3v) is 2.36. The van der Waals surface area contributed by atoms with Crippen molar-refractivity contribution in [2.75, 3.05) is 6.61 Å². The summed E-state index contributed by atoms with van der Waals surface area (Å²) in [6, 6.07) is 0. The van der Waals surface area contributed by atoms with Gasteiger partial charge in [-0.1, -0.05) is 12.1 Å². The second-order valence-corrected chi connectivity index (χ2v) is 3.67. The molecule has 72 valence electrons. The fourth-order valence-electron chi connectivity index (χ4n) is 1.58. The van der Waals surface area contributed by atoms with Gasteiger partial charge in [0.15, 0.2) is 5.82 Å². The molecule has 4 heteroatoms. The molecule has 0 radical (unpaired) electrons. The van der Waals surface area contributed by atoms with E-state index < -0.39 is 0 Å². The lowest BCUT2D eigenvalue weighted by Crippen LogP contribution is -2.18. The van der Waals surface area contributed by atoms with E-state index in [9.17, 15) is 0 Å². The predicted octanol–water partition coefficient (Wildman–Crippen LogP) is 1.87. The van der Waals surface area contributed by atoms with Crippen LogP contribution >= 0.6 is 0 Å². The summed E-state index contributed by atoms with van der Waals surface area (Å²) in [6.07, 6.45) is 2.13. The summed E-state index contributed by atoms with van der Waals surface area (Å²) < 4.78 is 10.6. The first-order valence-corrected chi connectivity index (χ1v) is 4.67. The van der Waals surface area contributed by atoms with Gasteiger partial charge in [-0.3, -0.25) is 0 Å². The van der Waals surface area contributed by atoms with Gasteiger partial charge in [-0.15, -0.1) is 0 Å². The first kappa shape index (κ1) is 8.69. The van der Waals surface area contributed by atoms with E-state index in [1.807, 2.05) is 6.92 Å². The van der Waals surface area contributed by atoms with Gasteiger partial charge in [-0.25, -0.2) is 0 Å². The van der Waals surface area contributed by atoms with Gasteiger partial charge in [0, 0.05) is 6.61 Å². The van der Waals surface area contributed by atoms with Crippen LogP contribution in [0.2, 0.25) is 0 Å². The molecule has 1 saturated heterocycles. The molecule has 1 fully saturated rings. The molecule has 2 heterocycles. The second-order valence-electron chi connectivity index (χ2n) is 3.67. The first-order valence-electron chi connectivity index (χ1n) is 4.67. The van der Waals surface area contributed by atoms with Crippen molar-refractivity contribution < 1.29 is 9.26 Å². The van der Waals surface area contributed by atoms with Crippen molar-refractivity contribution in [1.29, 1.82) is 0 Å². The van der Waals surface area contributed by atoms with Gasteiger partial charge in [-0.05, 0) is 25.7 Å². The van der Waals surface area contributed by atoms with E-state index in [-0.39, 0.29) is 6.10 Å². The van der Waals surface area contributed by atoms with E-state index in [2.05, 4.69) is 17.1 Å². The van der Waals surface area contributed by atoms with Crippen LogP contribution in [0.4, 0.5) is 0 Å². The van der Waals surface area contributed by atoms with Crippen molar-refractivity contribution in [3.63, 3.8) is 0 Å². The highest BCUT2D eigenvalue weighted by Gasteiger charge is 2.25. The summed E-state index contributed by atoms with van der Waals surface area (Å²) in [4.78, 5) is 4.17. The van der Waals surface area contributed by atoms with E-state index in [4.69, 9.17) is 9.26 Å². The van der Waals surface area contributed by atoms with Gasteiger partial charge < -0.3 is 9.26 Å². The Bertz CT molecular complexity index is 285. The molecule has 1 aromatic rings. The Kier molecular flexibility index (Phi) is 2.31. The molecule has 0 unspecified atom stereocenters. The Balaban J connectivity index is 2.08. The lowest BCUT2D eigenvalue weighted by atomic mass is 9.98. The molecule has 0 bridgehead atoms. The number of aromatic nitrogens is 2. The third-order valence-electron chi connectivity index (χ3n) is 2.36. The van der Waals surface area contributed by atoms with Crippen LogP contribution in [-0.2, 0) is 4.74 Å². The zero-order chi connectivity index (χ0) is 9.26. The molecule has 4 nitrogen and oxygen atoms in total. The Hall–Kier alpha value is -0.900. The number of aryl methyl sites for hydroxylation is 1. The quantitative estimate of drug-likeness (QED) is 0.665. The maximum absolute atomic E-state index is 5.55. The average Bonchev–Trinajstić information content (AvgIpc) is 2.52. The molecule has 0 saturated carbocycles. The molecule has 1 aromatic heterocycles. The third kappa shape index (κ3) is 1.88. The zero-order valence-electron chi connectivity index (χ0n) is 7.99. The summed E-state index contributed by atoms with van der Waals surface area (Å²) >= 11 is 0. The number of ether oxygens (including phenoxy) is 1. The normalized spacial score (nSPS) is 29.1. The molecule has 13 heavy (non-hydrogen) atoms. The van der Waals surface area contributed by atoms with Crippen molar-refractivity contribution in [3.8, 4) is 0 Å². The number of hydrogen-bond acceptors (Lipinski definition) is 4. The van der Waals surface area contributed by atoms with E-state index in [0.717, 1.165) is 19.4 Å². The summed E-state index contributed by atoms with van der Waals surface area (Å²) in [7, 11) is 0. The molecular weight excluding hydrogens is 168 g/mol. The average molecular weight is 182 g/mol. The highest BCUT2D eigenvalue weighted by Crippen LogP contribution is 2.29. The van der Waals surface area contributed by atoms with Crippen LogP contribution in [0.3, 0.4) is 0 Å². The fourth-order valence-corrected chi connectivity index (χ4v) is 1.58. The molecule has 1 aliphatic rings. The molecule has 0 aromatic carbocycles. The molecular formula is C9H14N2O2.